The Morgan fingerprint density at radius 1 is 1.36 bits per heavy atom. The summed E-state index contributed by atoms with van der Waals surface area (Å²) in [6, 6.07) is 6.25. The van der Waals surface area contributed by atoms with E-state index in [9.17, 15) is 0 Å². The van der Waals surface area contributed by atoms with Gasteiger partial charge in [0, 0.05) is 17.0 Å². The summed E-state index contributed by atoms with van der Waals surface area (Å²) in [5, 5.41) is 0.853. The summed E-state index contributed by atoms with van der Waals surface area (Å²) >= 11 is 6.15. The topological polar surface area (TPSA) is 26.0 Å². The molecule has 0 aliphatic carbocycles. The van der Waals surface area contributed by atoms with Crippen LogP contribution in [0.5, 0.6) is 0 Å². The second kappa shape index (κ2) is 4.33. The summed E-state index contributed by atoms with van der Waals surface area (Å²) in [6.45, 7) is 7.00. The monoisotopic (exact) mass is 211 g/mol. The third kappa shape index (κ3) is 2.28. The van der Waals surface area contributed by atoms with Crippen LogP contribution in [-0.2, 0) is 11.8 Å². The fourth-order valence-corrected chi connectivity index (χ4v) is 1.69. The van der Waals surface area contributed by atoms with Gasteiger partial charge in [-0.3, -0.25) is 0 Å². The maximum Gasteiger partial charge on any atom is 0.0440 e. The molecule has 2 N–H and O–H groups in total. The molecular weight excluding hydrogens is 194 g/mol. The maximum absolute atomic E-state index is 6.15. The molecule has 2 heteroatoms. The van der Waals surface area contributed by atoms with Crippen LogP contribution in [0.3, 0.4) is 0 Å². The zero-order valence-electron chi connectivity index (χ0n) is 9.10. The van der Waals surface area contributed by atoms with Crippen LogP contribution >= 0.6 is 11.6 Å². The van der Waals surface area contributed by atoms with Crippen molar-refractivity contribution in [3.63, 3.8) is 0 Å². The summed E-state index contributed by atoms with van der Waals surface area (Å²) in [5.41, 5.74) is 8.13. The standard InChI is InChI=1S/C12H18ClN/c1-4-9-5-6-10(7-11(9)13)12(2,3)8-14/h5-7H,4,8,14H2,1-3H3. The van der Waals surface area contributed by atoms with Gasteiger partial charge in [-0.2, -0.15) is 0 Å². The third-order valence-electron chi connectivity index (χ3n) is 2.73. The van der Waals surface area contributed by atoms with Gasteiger partial charge in [0.15, 0.2) is 0 Å². The van der Waals surface area contributed by atoms with Crippen molar-refractivity contribution in [2.45, 2.75) is 32.6 Å². The van der Waals surface area contributed by atoms with Gasteiger partial charge < -0.3 is 5.73 Å². The Morgan fingerprint density at radius 3 is 2.43 bits per heavy atom. The first-order chi connectivity index (χ1) is 6.51. The molecule has 0 atom stereocenters. The second-order valence-electron chi connectivity index (χ2n) is 4.25. The Labute approximate surface area is 91.3 Å². The highest BCUT2D eigenvalue weighted by Gasteiger charge is 2.18. The number of hydrogen-bond acceptors (Lipinski definition) is 1. The van der Waals surface area contributed by atoms with Crippen molar-refractivity contribution in [1.82, 2.24) is 0 Å². The maximum atomic E-state index is 6.15. The molecule has 0 unspecified atom stereocenters. The van der Waals surface area contributed by atoms with Gasteiger partial charge in [-0.1, -0.05) is 44.5 Å². The van der Waals surface area contributed by atoms with Gasteiger partial charge in [-0.05, 0) is 23.6 Å². The van der Waals surface area contributed by atoms with Gasteiger partial charge in [0.05, 0.1) is 0 Å². The molecule has 0 fully saturated rings. The van der Waals surface area contributed by atoms with E-state index in [-0.39, 0.29) is 5.41 Å². The molecule has 0 heterocycles. The molecule has 0 saturated heterocycles. The van der Waals surface area contributed by atoms with Crippen molar-refractivity contribution >= 4 is 11.6 Å². The highest BCUT2D eigenvalue weighted by atomic mass is 35.5. The van der Waals surface area contributed by atoms with Crippen molar-refractivity contribution in [3.8, 4) is 0 Å². The molecule has 1 nitrogen and oxygen atoms in total. The van der Waals surface area contributed by atoms with Crippen LogP contribution < -0.4 is 5.73 Å². The van der Waals surface area contributed by atoms with E-state index in [0.29, 0.717) is 6.54 Å². The quantitative estimate of drug-likeness (QED) is 0.817. The number of benzene rings is 1. The Bertz CT molecular complexity index is 318. The molecule has 1 aromatic rings. The number of halogens is 1. The van der Waals surface area contributed by atoms with Crippen LogP contribution in [0.4, 0.5) is 0 Å². The molecule has 0 aromatic heterocycles. The summed E-state index contributed by atoms with van der Waals surface area (Å²) in [7, 11) is 0. The molecule has 0 saturated carbocycles. The number of nitrogens with two attached hydrogens (primary N) is 1. The van der Waals surface area contributed by atoms with Gasteiger partial charge in [0.1, 0.15) is 0 Å². The molecule has 78 valence electrons. The summed E-state index contributed by atoms with van der Waals surface area (Å²) in [6.07, 6.45) is 0.974. The lowest BCUT2D eigenvalue weighted by Gasteiger charge is -2.23. The largest absolute Gasteiger partial charge is 0.330 e. The van der Waals surface area contributed by atoms with Crippen molar-refractivity contribution in [3.05, 3.63) is 34.3 Å². The first kappa shape index (κ1) is 11.5. The van der Waals surface area contributed by atoms with E-state index < -0.39 is 0 Å². The van der Waals surface area contributed by atoms with E-state index in [1.807, 2.05) is 6.07 Å². The second-order valence-corrected chi connectivity index (χ2v) is 4.65. The molecule has 0 aliphatic heterocycles. The zero-order chi connectivity index (χ0) is 10.8. The molecule has 0 radical (unpaired) electrons. The van der Waals surface area contributed by atoms with Gasteiger partial charge in [0.25, 0.3) is 0 Å². The predicted octanol–water partition coefficient (Wildman–Crippen LogP) is 3.14. The molecule has 0 aliphatic rings. The number of hydrogen-bond donors (Lipinski definition) is 1. The SMILES string of the molecule is CCc1ccc(C(C)(C)CN)cc1Cl. The lowest BCUT2D eigenvalue weighted by atomic mass is 9.84. The molecular formula is C12H18ClN. The molecule has 0 amide bonds. The minimum Gasteiger partial charge on any atom is -0.330 e. The van der Waals surface area contributed by atoms with Crippen LogP contribution in [0.1, 0.15) is 31.9 Å². The fraction of sp³-hybridized carbons (Fsp3) is 0.500. The van der Waals surface area contributed by atoms with Gasteiger partial charge in [0.2, 0.25) is 0 Å². The third-order valence-corrected chi connectivity index (χ3v) is 3.08. The van der Waals surface area contributed by atoms with Gasteiger partial charge in [-0.25, -0.2) is 0 Å². The highest BCUT2D eigenvalue weighted by molar-refractivity contribution is 6.31. The lowest BCUT2D eigenvalue weighted by molar-refractivity contribution is 0.539. The van der Waals surface area contributed by atoms with Crippen LogP contribution in [0.2, 0.25) is 5.02 Å². The van der Waals surface area contributed by atoms with Crippen LogP contribution in [0, 0.1) is 0 Å². The molecule has 1 rings (SSSR count). The average molecular weight is 212 g/mol. The molecule has 0 spiro atoms. The van der Waals surface area contributed by atoms with Crippen molar-refractivity contribution in [2.75, 3.05) is 6.54 Å². The highest BCUT2D eigenvalue weighted by Crippen LogP contribution is 2.26. The van der Waals surface area contributed by atoms with Crippen LogP contribution in [0.15, 0.2) is 18.2 Å². The summed E-state index contributed by atoms with van der Waals surface area (Å²) in [5.74, 6) is 0. The van der Waals surface area contributed by atoms with Gasteiger partial charge in [-0.15, -0.1) is 0 Å². The molecule has 14 heavy (non-hydrogen) atoms. The Balaban J connectivity index is 3.08. The van der Waals surface area contributed by atoms with E-state index in [1.54, 1.807) is 0 Å². The van der Waals surface area contributed by atoms with E-state index in [1.165, 1.54) is 11.1 Å². The van der Waals surface area contributed by atoms with Gasteiger partial charge >= 0.3 is 0 Å². The lowest BCUT2D eigenvalue weighted by Crippen LogP contribution is -2.28. The smallest absolute Gasteiger partial charge is 0.0440 e. The van der Waals surface area contributed by atoms with E-state index in [0.717, 1.165) is 11.4 Å². The normalized spacial score (nSPS) is 11.8. The van der Waals surface area contributed by atoms with Crippen molar-refractivity contribution in [2.24, 2.45) is 5.73 Å². The predicted molar refractivity (Wildman–Crippen MR) is 62.9 cm³/mol. The van der Waals surface area contributed by atoms with Crippen molar-refractivity contribution < 1.29 is 0 Å². The van der Waals surface area contributed by atoms with Crippen LogP contribution in [-0.4, -0.2) is 6.54 Å². The van der Waals surface area contributed by atoms with E-state index >= 15 is 0 Å². The number of rotatable bonds is 3. The Kier molecular flexibility index (Phi) is 3.57. The average Bonchev–Trinajstić information content (AvgIpc) is 2.17. The van der Waals surface area contributed by atoms with E-state index in [4.69, 9.17) is 17.3 Å². The van der Waals surface area contributed by atoms with Crippen molar-refractivity contribution in [1.29, 1.82) is 0 Å². The van der Waals surface area contributed by atoms with E-state index in [2.05, 4.69) is 32.9 Å². The molecule has 1 aromatic carbocycles. The number of aryl methyl sites for hydroxylation is 1. The zero-order valence-corrected chi connectivity index (χ0v) is 9.86. The Hall–Kier alpha value is -0.530. The summed E-state index contributed by atoms with van der Waals surface area (Å²) in [4.78, 5) is 0. The Morgan fingerprint density at radius 2 is 2.00 bits per heavy atom. The minimum absolute atomic E-state index is 0.00983. The molecule has 0 bridgehead atoms. The first-order valence-electron chi connectivity index (χ1n) is 5.00. The summed E-state index contributed by atoms with van der Waals surface area (Å²) < 4.78 is 0. The minimum atomic E-state index is 0.00983. The van der Waals surface area contributed by atoms with Crippen LogP contribution in [0.25, 0.3) is 0 Å². The first-order valence-corrected chi connectivity index (χ1v) is 5.38. The fourth-order valence-electron chi connectivity index (χ4n) is 1.37.